The number of nitrogens with one attached hydrogen (secondary N) is 2. The van der Waals surface area contributed by atoms with Crippen LogP contribution in [0.15, 0.2) is 59.7 Å². The van der Waals surface area contributed by atoms with Crippen molar-refractivity contribution in [1.29, 1.82) is 5.26 Å². The average molecular weight is 469 g/mol. The Bertz CT molecular complexity index is 1510. The van der Waals surface area contributed by atoms with E-state index in [1.807, 2.05) is 18.2 Å². The van der Waals surface area contributed by atoms with Crippen molar-refractivity contribution in [3.63, 3.8) is 0 Å². The molecule has 0 aliphatic carbocycles. The molecule has 35 heavy (non-hydrogen) atoms. The van der Waals surface area contributed by atoms with Gasteiger partial charge in [-0.15, -0.1) is 0 Å². The Morgan fingerprint density at radius 3 is 2.74 bits per heavy atom. The van der Waals surface area contributed by atoms with Gasteiger partial charge in [0, 0.05) is 30.9 Å². The highest BCUT2D eigenvalue weighted by Crippen LogP contribution is 2.22. The van der Waals surface area contributed by atoms with E-state index in [2.05, 4.69) is 25.5 Å². The number of hydrogen-bond acceptors (Lipinski definition) is 7. The fraction of sp³-hybridized carbons (Fsp3) is 0.200. The molecule has 0 radical (unpaired) electrons. The first-order chi connectivity index (χ1) is 17.0. The van der Waals surface area contributed by atoms with Crippen LogP contribution in [-0.4, -0.2) is 50.1 Å². The van der Waals surface area contributed by atoms with Crippen LogP contribution in [0, 0.1) is 17.1 Å². The highest BCUT2D eigenvalue weighted by atomic mass is 19.1. The van der Waals surface area contributed by atoms with Gasteiger partial charge in [0.1, 0.15) is 11.9 Å². The van der Waals surface area contributed by atoms with Crippen LogP contribution in [-0.2, 0) is 6.42 Å². The predicted molar refractivity (Wildman–Crippen MR) is 126 cm³/mol. The molecule has 1 aliphatic heterocycles. The van der Waals surface area contributed by atoms with Gasteiger partial charge in [0.2, 0.25) is 5.95 Å². The molecule has 0 saturated carbocycles. The van der Waals surface area contributed by atoms with E-state index in [1.165, 1.54) is 18.5 Å². The van der Waals surface area contributed by atoms with Crippen LogP contribution in [0.4, 0.5) is 10.3 Å². The molecule has 1 aliphatic rings. The number of fused-ring (bicyclic) bond motifs is 1. The van der Waals surface area contributed by atoms with Gasteiger partial charge in [0.25, 0.3) is 11.5 Å². The number of rotatable bonds is 5. The van der Waals surface area contributed by atoms with Crippen molar-refractivity contribution in [2.45, 2.75) is 18.9 Å². The third-order valence-electron chi connectivity index (χ3n) is 6.00. The zero-order valence-electron chi connectivity index (χ0n) is 18.5. The number of benzene rings is 2. The van der Waals surface area contributed by atoms with E-state index >= 15 is 0 Å². The van der Waals surface area contributed by atoms with Gasteiger partial charge < -0.3 is 10.2 Å². The number of nitrogens with zero attached hydrogens (tertiary/aromatic N) is 5. The quantitative estimate of drug-likeness (QED) is 0.460. The van der Waals surface area contributed by atoms with Crippen LogP contribution >= 0.6 is 0 Å². The van der Waals surface area contributed by atoms with E-state index < -0.39 is 11.7 Å². The number of H-pyrrole nitrogens is 1. The lowest BCUT2D eigenvalue weighted by Crippen LogP contribution is -2.32. The zero-order valence-corrected chi connectivity index (χ0v) is 18.5. The van der Waals surface area contributed by atoms with E-state index in [4.69, 9.17) is 5.26 Å². The average Bonchev–Trinajstić information content (AvgIpc) is 3.35. The highest BCUT2D eigenvalue weighted by molar-refractivity contribution is 5.95. The maximum Gasteiger partial charge on any atom is 0.272 e. The molecular formula is C25H20FN7O2. The highest BCUT2D eigenvalue weighted by Gasteiger charge is 2.29. The van der Waals surface area contributed by atoms with Gasteiger partial charge >= 0.3 is 0 Å². The molecule has 3 heterocycles. The molecule has 4 aromatic rings. The van der Waals surface area contributed by atoms with Gasteiger partial charge in [0.15, 0.2) is 0 Å². The Morgan fingerprint density at radius 2 is 1.97 bits per heavy atom. The third kappa shape index (κ3) is 4.56. The molecule has 1 fully saturated rings. The standard InChI is InChI=1S/C25H20FN7O2/c26-21-6-5-15(10-22-18-3-1-2-4-19(18)23(34)32-31-22)9-20(21)24(35)33-8-7-17(14-33)30-25-28-12-16(11-27)13-29-25/h1-6,9,12-13,17H,7-8,10,14H2,(H,32,34)(H,28,29,30)/t17-/m1/s1. The first-order valence-electron chi connectivity index (χ1n) is 11.0. The molecule has 2 aromatic heterocycles. The van der Waals surface area contributed by atoms with Gasteiger partial charge in [-0.3, -0.25) is 9.59 Å². The van der Waals surface area contributed by atoms with Crippen LogP contribution in [0.3, 0.4) is 0 Å². The largest absolute Gasteiger partial charge is 0.350 e. The molecular weight excluding hydrogens is 449 g/mol. The molecule has 10 heteroatoms. The van der Waals surface area contributed by atoms with Crippen molar-refractivity contribution in [3.05, 3.63) is 93.4 Å². The summed E-state index contributed by atoms with van der Waals surface area (Å²) in [5, 5.41) is 19.9. The number of halogens is 1. The maximum atomic E-state index is 14.7. The smallest absolute Gasteiger partial charge is 0.272 e. The fourth-order valence-electron chi connectivity index (χ4n) is 4.22. The Kier molecular flexibility index (Phi) is 5.89. The Morgan fingerprint density at radius 1 is 1.20 bits per heavy atom. The number of anilines is 1. The van der Waals surface area contributed by atoms with Crippen LogP contribution in [0.25, 0.3) is 10.8 Å². The Labute approximate surface area is 199 Å². The lowest BCUT2D eigenvalue weighted by molar-refractivity contribution is 0.0787. The number of amides is 1. The van der Waals surface area contributed by atoms with Crippen LogP contribution in [0.2, 0.25) is 0 Å². The summed E-state index contributed by atoms with van der Waals surface area (Å²) in [6, 6.07) is 13.5. The van der Waals surface area contributed by atoms with Crippen molar-refractivity contribution >= 4 is 22.6 Å². The van der Waals surface area contributed by atoms with Gasteiger partial charge in [0.05, 0.1) is 34.6 Å². The van der Waals surface area contributed by atoms with Crippen molar-refractivity contribution in [2.24, 2.45) is 0 Å². The summed E-state index contributed by atoms with van der Waals surface area (Å²) in [5.74, 6) is -0.615. The third-order valence-corrected chi connectivity index (χ3v) is 6.00. The Balaban J connectivity index is 1.32. The summed E-state index contributed by atoms with van der Waals surface area (Å²) in [5.41, 5.74) is 1.42. The molecule has 0 bridgehead atoms. The van der Waals surface area contributed by atoms with Gasteiger partial charge in [-0.2, -0.15) is 10.4 Å². The maximum absolute atomic E-state index is 14.7. The van der Waals surface area contributed by atoms with Crippen molar-refractivity contribution in [2.75, 3.05) is 18.4 Å². The molecule has 0 spiro atoms. The van der Waals surface area contributed by atoms with Gasteiger partial charge in [-0.1, -0.05) is 24.3 Å². The second-order valence-corrected chi connectivity index (χ2v) is 8.32. The minimum Gasteiger partial charge on any atom is -0.350 e. The number of carbonyl (C=O) groups is 1. The molecule has 1 saturated heterocycles. The molecule has 0 unspecified atom stereocenters. The number of aromatic amines is 1. The van der Waals surface area contributed by atoms with E-state index in [0.717, 1.165) is 0 Å². The van der Waals surface area contributed by atoms with E-state index in [9.17, 15) is 14.0 Å². The summed E-state index contributed by atoms with van der Waals surface area (Å²) < 4.78 is 14.7. The normalized spacial score (nSPS) is 15.2. The SMILES string of the molecule is N#Cc1cnc(N[C@@H]2CCN(C(=O)c3cc(Cc4n[nH]c(=O)c5ccccc45)ccc3F)C2)nc1. The van der Waals surface area contributed by atoms with Crippen LogP contribution in [0.1, 0.15) is 33.6 Å². The molecule has 1 atom stereocenters. The van der Waals surface area contributed by atoms with Crippen molar-refractivity contribution in [3.8, 4) is 6.07 Å². The molecule has 174 valence electrons. The van der Waals surface area contributed by atoms with Crippen LogP contribution in [0.5, 0.6) is 0 Å². The lowest BCUT2D eigenvalue weighted by Gasteiger charge is -2.18. The first-order valence-corrected chi connectivity index (χ1v) is 11.0. The van der Waals surface area contributed by atoms with Gasteiger partial charge in [-0.25, -0.2) is 19.5 Å². The summed E-state index contributed by atoms with van der Waals surface area (Å²) in [7, 11) is 0. The first kappa shape index (κ1) is 22.2. The summed E-state index contributed by atoms with van der Waals surface area (Å²) in [6.07, 6.45) is 3.84. The summed E-state index contributed by atoms with van der Waals surface area (Å²) in [6.45, 7) is 0.834. The topological polar surface area (TPSA) is 128 Å². The number of likely N-dealkylation sites (tertiary alicyclic amines) is 1. The zero-order chi connectivity index (χ0) is 24.4. The molecule has 2 aromatic carbocycles. The minimum atomic E-state index is -0.593. The van der Waals surface area contributed by atoms with E-state index in [-0.39, 0.29) is 17.2 Å². The van der Waals surface area contributed by atoms with Crippen molar-refractivity contribution in [1.82, 2.24) is 25.1 Å². The number of carbonyl (C=O) groups excluding carboxylic acids is 1. The monoisotopic (exact) mass is 469 g/mol. The second-order valence-electron chi connectivity index (χ2n) is 8.32. The van der Waals surface area contributed by atoms with Gasteiger partial charge in [-0.05, 0) is 30.2 Å². The fourth-order valence-corrected chi connectivity index (χ4v) is 4.22. The van der Waals surface area contributed by atoms with E-state index in [0.29, 0.717) is 59.5 Å². The minimum absolute atomic E-state index is 0.00787. The summed E-state index contributed by atoms with van der Waals surface area (Å²) in [4.78, 5) is 35.0. The molecule has 5 rings (SSSR count). The number of nitriles is 1. The van der Waals surface area contributed by atoms with Crippen LogP contribution < -0.4 is 10.9 Å². The molecule has 1 amide bonds. The number of aromatic nitrogens is 4. The van der Waals surface area contributed by atoms with Crippen molar-refractivity contribution < 1.29 is 9.18 Å². The number of hydrogen-bond donors (Lipinski definition) is 2. The van der Waals surface area contributed by atoms with E-state index in [1.54, 1.807) is 29.2 Å². The molecule has 9 nitrogen and oxygen atoms in total. The predicted octanol–water partition coefficient (Wildman–Crippen LogP) is 2.64. The summed E-state index contributed by atoms with van der Waals surface area (Å²) >= 11 is 0. The lowest BCUT2D eigenvalue weighted by atomic mass is 10.0. The Hall–Kier alpha value is -4.65. The second kappa shape index (κ2) is 9.30. The molecule has 2 N–H and O–H groups in total.